The van der Waals surface area contributed by atoms with Crippen molar-refractivity contribution >= 4 is 33.2 Å². The SMILES string of the molecule is CC(C)CC(NS(=O)(=O)c1ccccc1)C(=O)NC1CCCc2ncsc2CCNC(=O)C1O. The third kappa shape index (κ3) is 7.08. The van der Waals surface area contributed by atoms with Crippen molar-refractivity contribution in [3.63, 3.8) is 0 Å². The Balaban J connectivity index is 1.75. The van der Waals surface area contributed by atoms with Crippen LogP contribution in [0.25, 0.3) is 0 Å². The van der Waals surface area contributed by atoms with E-state index in [-0.39, 0.29) is 17.2 Å². The van der Waals surface area contributed by atoms with Gasteiger partial charge in [0, 0.05) is 17.8 Å². The number of amides is 2. The van der Waals surface area contributed by atoms with Gasteiger partial charge in [0.25, 0.3) is 5.91 Å². The lowest BCUT2D eigenvalue weighted by molar-refractivity contribution is -0.132. The van der Waals surface area contributed by atoms with Gasteiger partial charge in [-0.05, 0) is 43.7 Å². The molecule has 0 saturated carbocycles. The molecular formula is C23H32N4O5S2. The van der Waals surface area contributed by atoms with Gasteiger partial charge in [-0.3, -0.25) is 9.59 Å². The molecule has 0 saturated heterocycles. The van der Waals surface area contributed by atoms with Gasteiger partial charge in [-0.25, -0.2) is 13.4 Å². The molecule has 3 unspecified atom stereocenters. The average molecular weight is 509 g/mol. The lowest BCUT2D eigenvalue weighted by Crippen LogP contribution is -2.55. The summed E-state index contributed by atoms with van der Waals surface area (Å²) in [5.74, 6) is -1.11. The number of carbonyl (C=O) groups excluding carboxylic acids is 2. The van der Waals surface area contributed by atoms with Crippen molar-refractivity contribution in [1.82, 2.24) is 20.3 Å². The highest BCUT2D eigenvalue weighted by Crippen LogP contribution is 2.19. The van der Waals surface area contributed by atoms with E-state index >= 15 is 0 Å². The molecule has 0 aliphatic carbocycles. The van der Waals surface area contributed by atoms with E-state index in [0.29, 0.717) is 32.2 Å². The van der Waals surface area contributed by atoms with Crippen LogP contribution in [0.1, 0.15) is 43.7 Å². The lowest BCUT2D eigenvalue weighted by atomic mass is 10.00. The fourth-order valence-corrected chi connectivity index (χ4v) is 5.95. The van der Waals surface area contributed by atoms with Gasteiger partial charge in [0.2, 0.25) is 15.9 Å². The second-order valence-corrected chi connectivity index (χ2v) is 11.5. The van der Waals surface area contributed by atoms with Crippen LogP contribution in [0, 0.1) is 5.92 Å². The predicted octanol–water partition coefficient (Wildman–Crippen LogP) is 1.38. The highest BCUT2D eigenvalue weighted by molar-refractivity contribution is 7.89. The molecule has 1 aromatic carbocycles. The molecule has 1 aliphatic rings. The van der Waals surface area contributed by atoms with Crippen LogP contribution < -0.4 is 15.4 Å². The van der Waals surface area contributed by atoms with E-state index in [9.17, 15) is 23.1 Å². The summed E-state index contributed by atoms with van der Waals surface area (Å²) in [4.78, 5) is 31.3. The first-order valence-corrected chi connectivity index (χ1v) is 13.8. The quantitative estimate of drug-likeness (QED) is 0.446. The topological polar surface area (TPSA) is 137 Å². The molecule has 34 heavy (non-hydrogen) atoms. The Labute approximate surface area is 204 Å². The van der Waals surface area contributed by atoms with Gasteiger partial charge in [0.05, 0.1) is 22.1 Å². The van der Waals surface area contributed by atoms with Crippen molar-refractivity contribution < 1.29 is 23.1 Å². The van der Waals surface area contributed by atoms with Crippen LogP contribution >= 0.6 is 11.3 Å². The van der Waals surface area contributed by atoms with Crippen LogP contribution in [0.2, 0.25) is 0 Å². The van der Waals surface area contributed by atoms with Crippen LogP contribution in [0.5, 0.6) is 0 Å². The second-order valence-electron chi connectivity index (χ2n) is 8.83. The van der Waals surface area contributed by atoms with Gasteiger partial charge < -0.3 is 15.7 Å². The van der Waals surface area contributed by atoms with Crippen molar-refractivity contribution in [3.8, 4) is 0 Å². The van der Waals surface area contributed by atoms with Crippen LogP contribution in [0.4, 0.5) is 0 Å². The standard InChI is InChI=1S/C23H32N4O5S2/c1-15(2)13-19(27-34(31,32)16-7-4-3-5-8-16)22(29)26-18-10-6-9-17-20(33-14-25-17)11-12-24-23(30)21(18)28/h3-5,7-8,14-15,18-19,21,27-28H,6,9-13H2,1-2H3,(H,24,30)(H,26,29). The summed E-state index contributed by atoms with van der Waals surface area (Å²) >= 11 is 1.54. The molecule has 0 spiro atoms. The minimum absolute atomic E-state index is 0.0260. The van der Waals surface area contributed by atoms with Crippen molar-refractivity contribution in [2.75, 3.05) is 6.54 Å². The summed E-state index contributed by atoms with van der Waals surface area (Å²) in [6.07, 6.45) is 1.07. The zero-order valence-corrected chi connectivity index (χ0v) is 21.0. The molecule has 4 N–H and O–H groups in total. The van der Waals surface area contributed by atoms with E-state index in [4.69, 9.17) is 0 Å². The second kappa shape index (κ2) is 11.9. The third-order valence-electron chi connectivity index (χ3n) is 5.66. The van der Waals surface area contributed by atoms with Gasteiger partial charge >= 0.3 is 0 Å². The fraction of sp³-hybridized carbons (Fsp3) is 0.522. The summed E-state index contributed by atoms with van der Waals surface area (Å²) in [7, 11) is -3.93. The Bertz CT molecular complexity index is 1070. The Morgan fingerprint density at radius 1 is 1.26 bits per heavy atom. The molecule has 0 fully saturated rings. The number of aliphatic hydroxyl groups is 1. The first-order chi connectivity index (χ1) is 16.2. The zero-order valence-electron chi connectivity index (χ0n) is 19.4. The fourth-order valence-electron chi connectivity index (χ4n) is 3.90. The molecule has 2 heterocycles. The number of rotatable bonds is 7. The van der Waals surface area contributed by atoms with Gasteiger partial charge in [-0.1, -0.05) is 32.0 Å². The minimum atomic E-state index is -3.93. The van der Waals surface area contributed by atoms with Crippen LogP contribution in [-0.4, -0.2) is 55.1 Å². The molecule has 3 rings (SSSR count). The Morgan fingerprint density at radius 2 is 2.00 bits per heavy atom. The van der Waals surface area contributed by atoms with E-state index in [1.807, 2.05) is 13.8 Å². The van der Waals surface area contributed by atoms with E-state index < -0.39 is 40.0 Å². The first kappa shape index (κ1) is 26.3. The van der Waals surface area contributed by atoms with E-state index in [1.165, 1.54) is 23.5 Å². The molecule has 0 bridgehead atoms. The zero-order chi connectivity index (χ0) is 24.7. The number of aliphatic hydroxyl groups excluding tert-OH is 1. The van der Waals surface area contributed by atoms with Crippen molar-refractivity contribution in [2.24, 2.45) is 5.92 Å². The molecule has 2 amide bonds. The molecule has 186 valence electrons. The number of carbonyl (C=O) groups is 2. The van der Waals surface area contributed by atoms with Crippen LogP contribution in [0.3, 0.4) is 0 Å². The molecule has 9 nitrogen and oxygen atoms in total. The number of hydrogen-bond donors (Lipinski definition) is 4. The lowest BCUT2D eigenvalue weighted by Gasteiger charge is -2.27. The van der Waals surface area contributed by atoms with Crippen molar-refractivity contribution in [2.45, 2.75) is 69.0 Å². The van der Waals surface area contributed by atoms with E-state index in [0.717, 1.165) is 10.6 Å². The molecule has 3 atom stereocenters. The number of nitrogens with zero attached hydrogens (tertiary/aromatic N) is 1. The summed E-state index contributed by atoms with van der Waals surface area (Å²) < 4.78 is 28.2. The largest absolute Gasteiger partial charge is 0.381 e. The Morgan fingerprint density at radius 3 is 2.71 bits per heavy atom. The maximum Gasteiger partial charge on any atom is 0.251 e. The summed E-state index contributed by atoms with van der Waals surface area (Å²) in [5, 5.41) is 16.1. The number of sulfonamides is 1. The number of aryl methyl sites for hydroxylation is 1. The number of aromatic nitrogens is 1. The van der Waals surface area contributed by atoms with Gasteiger partial charge in [0.1, 0.15) is 6.04 Å². The predicted molar refractivity (Wildman–Crippen MR) is 130 cm³/mol. The van der Waals surface area contributed by atoms with Crippen molar-refractivity contribution in [3.05, 3.63) is 46.4 Å². The van der Waals surface area contributed by atoms with Crippen molar-refractivity contribution in [1.29, 1.82) is 0 Å². The number of fused-ring (bicyclic) bond motifs is 1. The van der Waals surface area contributed by atoms with E-state index in [1.54, 1.807) is 23.7 Å². The highest BCUT2D eigenvalue weighted by atomic mass is 32.2. The molecule has 0 radical (unpaired) electrons. The maximum absolute atomic E-state index is 13.2. The number of thiazole rings is 1. The average Bonchev–Trinajstić information content (AvgIpc) is 3.23. The highest BCUT2D eigenvalue weighted by Gasteiger charge is 2.32. The number of benzene rings is 1. The van der Waals surface area contributed by atoms with E-state index in [2.05, 4.69) is 20.3 Å². The molecular weight excluding hydrogens is 476 g/mol. The maximum atomic E-state index is 13.2. The van der Waals surface area contributed by atoms with Crippen LogP contribution in [-0.2, 0) is 32.5 Å². The molecule has 1 aromatic heterocycles. The molecule has 2 aromatic rings. The summed E-state index contributed by atoms with van der Waals surface area (Å²) in [6.45, 7) is 4.13. The van der Waals surface area contributed by atoms with Gasteiger partial charge in [-0.15, -0.1) is 11.3 Å². The first-order valence-electron chi connectivity index (χ1n) is 11.4. The van der Waals surface area contributed by atoms with Gasteiger partial charge in [-0.2, -0.15) is 4.72 Å². The number of hydrogen-bond acceptors (Lipinski definition) is 7. The normalized spacial score (nSPS) is 20.6. The molecule has 11 heteroatoms. The minimum Gasteiger partial charge on any atom is -0.381 e. The van der Waals surface area contributed by atoms with Gasteiger partial charge in [0.15, 0.2) is 6.10 Å². The number of nitrogens with one attached hydrogen (secondary N) is 3. The monoisotopic (exact) mass is 508 g/mol. The van der Waals surface area contributed by atoms with Crippen LogP contribution in [0.15, 0.2) is 40.7 Å². The summed E-state index contributed by atoms with van der Waals surface area (Å²) in [5.41, 5.74) is 2.75. The smallest absolute Gasteiger partial charge is 0.251 e. The Hall–Kier alpha value is -2.34. The molecule has 1 aliphatic heterocycles. The third-order valence-corrected chi connectivity index (χ3v) is 8.08. The Kier molecular flexibility index (Phi) is 9.17. The summed E-state index contributed by atoms with van der Waals surface area (Å²) in [6, 6.07) is 5.93.